The zero-order chi connectivity index (χ0) is 10.9. The van der Waals surface area contributed by atoms with Crippen LogP contribution in [0.15, 0.2) is 24.5 Å². The van der Waals surface area contributed by atoms with Gasteiger partial charge in [0.25, 0.3) is 0 Å². The van der Waals surface area contributed by atoms with E-state index >= 15 is 0 Å². The van der Waals surface area contributed by atoms with Gasteiger partial charge in [-0.05, 0) is 37.0 Å². The number of carbonyl (C=O) groups is 1. The van der Waals surface area contributed by atoms with E-state index in [2.05, 4.69) is 10.3 Å². The number of unbranched alkanes of at least 4 members (excludes halogenated alkanes) is 2. The molecule has 1 N–H and O–H groups in total. The Morgan fingerprint density at radius 1 is 1.27 bits per heavy atom. The van der Waals surface area contributed by atoms with E-state index in [4.69, 9.17) is 0 Å². The first-order chi connectivity index (χ1) is 7.29. The third kappa shape index (κ3) is 5.83. The first-order valence-electron chi connectivity index (χ1n) is 5.42. The molecule has 1 rings (SSSR count). The number of aromatic nitrogens is 1. The van der Waals surface area contributed by atoms with Crippen LogP contribution < -0.4 is 5.32 Å². The lowest BCUT2D eigenvalue weighted by Gasteiger charge is -2.02. The molecule has 0 atom stereocenters. The first-order valence-corrected chi connectivity index (χ1v) is 5.42. The maximum absolute atomic E-state index is 10.6. The molecule has 0 unspecified atom stereocenters. The largest absolute Gasteiger partial charge is 0.356 e. The molecule has 0 radical (unpaired) electrons. The van der Waals surface area contributed by atoms with E-state index in [1.807, 2.05) is 24.5 Å². The number of pyridine rings is 1. The number of aryl methyl sites for hydroxylation is 1. The summed E-state index contributed by atoms with van der Waals surface area (Å²) in [6.07, 6.45) is 8.14. The molecule has 1 amide bonds. The van der Waals surface area contributed by atoms with Gasteiger partial charge in [0.05, 0.1) is 0 Å². The van der Waals surface area contributed by atoms with Gasteiger partial charge in [-0.15, -0.1) is 0 Å². The lowest BCUT2D eigenvalue weighted by molar-refractivity contribution is -0.118. The molecular formula is C12H18N2O. The molecule has 0 aliphatic heterocycles. The molecule has 3 nitrogen and oxygen atoms in total. The predicted octanol–water partition coefficient (Wildman–Crippen LogP) is 1.93. The molecule has 0 aromatic carbocycles. The van der Waals surface area contributed by atoms with Crippen LogP contribution >= 0.6 is 0 Å². The van der Waals surface area contributed by atoms with Gasteiger partial charge in [-0.3, -0.25) is 9.78 Å². The number of hydrogen-bond donors (Lipinski definition) is 1. The Morgan fingerprint density at radius 3 is 2.67 bits per heavy atom. The van der Waals surface area contributed by atoms with Crippen molar-refractivity contribution in [3.63, 3.8) is 0 Å². The number of hydrogen-bond acceptors (Lipinski definition) is 2. The number of nitrogens with one attached hydrogen (secondary N) is 1. The number of amides is 1. The lowest BCUT2D eigenvalue weighted by atomic mass is 10.1. The van der Waals surface area contributed by atoms with E-state index in [1.165, 1.54) is 12.0 Å². The second kappa shape index (κ2) is 6.98. The Kier molecular flexibility index (Phi) is 5.44. The molecule has 15 heavy (non-hydrogen) atoms. The standard InChI is InChI=1S/C12H18N2O/c1-11(15)14-8-4-2-3-5-12-6-9-13-10-7-12/h6-7,9-10H,2-5,8H2,1H3,(H,14,15). The minimum atomic E-state index is 0.0594. The highest BCUT2D eigenvalue weighted by atomic mass is 16.1. The van der Waals surface area contributed by atoms with Gasteiger partial charge in [-0.25, -0.2) is 0 Å². The maximum Gasteiger partial charge on any atom is 0.216 e. The van der Waals surface area contributed by atoms with E-state index in [0.29, 0.717) is 0 Å². The molecule has 0 aliphatic carbocycles. The van der Waals surface area contributed by atoms with E-state index < -0.39 is 0 Å². The van der Waals surface area contributed by atoms with Crippen LogP contribution in [-0.4, -0.2) is 17.4 Å². The zero-order valence-corrected chi connectivity index (χ0v) is 9.20. The van der Waals surface area contributed by atoms with Crippen molar-refractivity contribution in [3.8, 4) is 0 Å². The van der Waals surface area contributed by atoms with Gasteiger partial charge in [0, 0.05) is 25.9 Å². The van der Waals surface area contributed by atoms with Gasteiger partial charge in [-0.1, -0.05) is 6.42 Å². The summed E-state index contributed by atoms with van der Waals surface area (Å²) in [6, 6.07) is 4.10. The topological polar surface area (TPSA) is 42.0 Å². The third-order valence-corrected chi connectivity index (χ3v) is 2.27. The summed E-state index contributed by atoms with van der Waals surface area (Å²) in [6.45, 7) is 2.35. The third-order valence-electron chi connectivity index (χ3n) is 2.27. The fourth-order valence-corrected chi connectivity index (χ4v) is 1.44. The summed E-state index contributed by atoms with van der Waals surface area (Å²) < 4.78 is 0. The molecule has 3 heteroatoms. The summed E-state index contributed by atoms with van der Waals surface area (Å²) >= 11 is 0. The smallest absolute Gasteiger partial charge is 0.216 e. The number of rotatable bonds is 6. The minimum Gasteiger partial charge on any atom is -0.356 e. The maximum atomic E-state index is 10.6. The zero-order valence-electron chi connectivity index (χ0n) is 9.20. The Bertz CT molecular complexity index is 285. The summed E-state index contributed by atoms with van der Waals surface area (Å²) in [5.41, 5.74) is 1.34. The summed E-state index contributed by atoms with van der Waals surface area (Å²) in [5, 5.41) is 2.80. The molecule has 1 aromatic heterocycles. The molecule has 1 heterocycles. The summed E-state index contributed by atoms with van der Waals surface area (Å²) in [7, 11) is 0. The monoisotopic (exact) mass is 206 g/mol. The van der Waals surface area contributed by atoms with Gasteiger partial charge in [-0.2, -0.15) is 0 Å². The molecule has 1 aromatic rings. The van der Waals surface area contributed by atoms with Crippen molar-refractivity contribution in [1.29, 1.82) is 0 Å². The van der Waals surface area contributed by atoms with E-state index in [0.717, 1.165) is 25.8 Å². The van der Waals surface area contributed by atoms with Crippen LogP contribution in [0.1, 0.15) is 31.7 Å². The Labute approximate surface area is 90.9 Å². The van der Waals surface area contributed by atoms with E-state index in [9.17, 15) is 4.79 Å². The van der Waals surface area contributed by atoms with Crippen molar-refractivity contribution < 1.29 is 4.79 Å². The van der Waals surface area contributed by atoms with Crippen LogP contribution in [0.2, 0.25) is 0 Å². The number of nitrogens with zero attached hydrogens (tertiary/aromatic N) is 1. The van der Waals surface area contributed by atoms with Gasteiger partial charge >= 0.3 is 0 Å². The second-order valence-electron chi connectivity index (χ2n) is 3.65. The van der Waals surface area contributed by atoms with Crippen molar-refractivity contribution in [3.05, 3.63) is 30.1 Å². The van der Waals surface area contributed by atoms with Gasteiger partial charge in [0.2, 0.25) is 5.91 Å². The fourth-order valence-electron chi connectivity index (χ4n) is 1.44. The Morgan fingerprint density at radius 2 is 2.00 bits per heavy atom. The highest BCUT2D eigenvalue weighted by Gasteiger charge is 1.93. The van der Waals surface area contributed by atoms with Crippen LogP contribution in [-0.2, 0) is 11.2 Å². The average molecular weight is 206 g/mol. The molecule has 0 bridgehead atoms. The minimum absolute atomic E-state index is 0.0594. The predicted molar refractivity (Wildman–Crippen MR) is 60.5 cm³/mol. The fraction of sp³-hybridized carbons (Fsp3) is 0.500. The second-order valence-corrected chi connectivity index (χ2v) is 3.65. The van der Waals surface area contributed by atoms with Crippen molar-refractivity contribution in [2.24, 2.45) is 0 Å². The van der Waals surface area contributed by atoms with E-state index in [-0.39, 0.29) is 5.91 Å². The highest BCUT2D eigenvalue weighted by molar-refractivity contribution is 5.72. The van der Waals surface area contributed by atoms with Gasteiger partial charge in [0.15, 0.2) is 0 Å². The van der Waals surface area contributed by atoms with Crippen molar-refractivity contribution in [1.82, 2.24) is 10.3 Å². The number of carbonyl (C=O) groups excluding carboxylic acids is 1. The van der Waals surface area contributed by atoms with Crippen LogP contribution in [0.5, 0.6) is 0 Å². The summed E-state index contributed by atoms with van der Waals surface area (Å²) in [5.74, 6) is 0.0594. The molecule has 82 valence electrons. The molecule has 0 saturated carbocycles. The van der Waals surface area contributed by atoms with Crippen molar-refractivity contribution in [2.45, 2.75) is 32.6 Å². The van der Waals surface area contributed by atoms with Crippen LogP contribution in [0.25, 0.3) is 0 Å². The molecule has 0 saturated heterocycles. The molecule has 0 fully saturated rings. The van der Waals surface area contributed by atoms with Crippen molar-refractivity contribution >= 4 is 5.91 Å². The normalized spacial score (nSPS) is 9.93. The SMILES string of the molecule is CC(=O)NCCCCCc1ccncc1. The van der Waals surface area contributed by atoms with Gasteiger partial charge in [0.1, 0.15) is 0 Å². The Hall–Kier alpha value is -1.38. The molecule has 0 spiro atoms. The van der Waals surface area contributed by atoms with Crippen LogP contribution in [0.4, 0.5) is 0 Å². The van der Waals surface area contributed by atoms with Crippen molar-refractivity contribution in [2.75, 3.05) is 6.54 Å². The van der Waals surface area contributed by atoms with Crippen LogP contribution in [0.3, 0.4) is 0 Å². The Balaban J connectivity index is 2.00. The van der Waals surface area contributed by atoms with Crippen LogP contribution in [0, 0.1) is 0 Å². The molecule has 0 aliphatic rings. The van der Waals surface area contributed by atoms with Gasteiger partial charge < -0.3 is 5.32 Å². The quantitative estimate of drug-likeness (QED) is 0.723. The lowest BCUT2D eigenvalue weighted by Crippen LogP contribution is -2.20. The average Bonchev–Trinajstić information content (AvgIpc) is 2.24. The first kappa shape index (κ1) is 11.7. The highest BCUT2D eigenvalue weighted by Crippen LogP contribution is 2.04. The molecular weight excluding hydrogens is 188 g/mol. The summed E-state index contributed by atoms with van der Waals surface area (Å²) in [4.78, 5) is 14.6. The van der Waals surface area contributed by atoms with E-state index in [1.54, 1.807) is 6.92 Å².